The number of hydrogen-bond donors (Lipinski definition) is 0. The second-order valence-corrected chi connectivity index (χ2v) is 6.51. The second-order valence-electron chi connectivity index (χ2n) is 6.14. The third kappa shape index (κ3) is 3.88. The lowest BCUT2D eigenvalue weighted by Gasteiger charge is -2.25. The number of rotatable bonds is 4. The van der Waals surface area contributed by atoms with Crippen LogP contribution < -0.4 is 9.47 Å². The van der Waals surface area contributed by atoms with Gasteiger partial charge >= 0.3 is 6.18 Å². The summed E-state index contributed by atoms with van der Waals surface area (Å²) in [6.07, 6.45) is -3.43. The van der Waals surface area contributed by atoms with Crippen LogP contribution in [0.5, 0.6) is 11.5 Å². The molecule has 8 nitrogen and oxygen atoms in total. The molecule has 1 aromatic heterocycles. The van der Waals surface area contributed by atoms with E-state index in [1.807, 2.05) is 4.90 Å². The number of ether oxygens (including phenoxy) is 3. The fraction of sp³-hybridized carbons (Fsp3) is 0.438. The highest BCUT2D eigenvalue weighted by Gasteiger charge is 2.39. The lowest BCUT2D eigenvalue weighted by atomic mass is 10.2. The number of morpholine rings is 1. The monoisotopic (exact) mass is 415 g/mol. The zero-order valence-electron chi connectivity index (χ0n) is 14.6. The smallest absolute Gasteiger partial charge is 0.453 e. The molecule has 1 aromatic carbocycles. The molecule has 28 heavy (non-hydrogen) atoms. The Labute approximate surface area is 162 Å². The second kappa shape index (κ2) is 7.53. The first-order valence-electron chi connectivity index (χ1n) is 8.43. The third-order valence-electron chi connectivity index (χ3n) is 4.23. The zero-order chi connectivity index (χ0) is 19.7. The number of nitrogens with zero attached hydrogens (tertiary/aromatic N) is 5. The summed E-state index contributed by atoms with van der Waals surface area (Å²) >= 11 is 5.19. The van der Waals surface area contributed by atoms with E-state index in [9.17, 15) is 13.2 Å². The van der Waals surface area contributed by atoms with Gasteiger partial charge in [0.05, 0.1) is 26.1 Å². The number of benzene rings is 1. The van der Waals surface area contributed by atoms with E-state index >= 15 is 0 Å². The molecule has 0 atom stereocenters. The van der Waals surface area contributed by atoms with Gasteiger partial charge in [0.25, 0.3) is 5.82 Å². The van der Waals surface area contributed by atoms with Crippen LogP contribution in [0.2, 0.25) is 0 Å². The van der Waals surface area contributed by atoms with E-state index in [0.29, 0.717) is 48.0 Å². The van der Waals surface area contributed by atoms with Crippen LogP contribution in [0.3, 0.4) is 0 Å². The lowest BCUT2D eigenvalue weighted by molar-refractivity contribution is -0.147. The molecule has 12 heteroatoms. The quantitative estimate of drug-likeness (QED) is 0.564. The van der Waals surface area contributed by atoms with E-state index in [1.54, 1.807) is 18.2 Å². The summed E-state index contributed by atoms with van der Waals surface area (Å²) in [5.74, 6) is -0.0996. The third-order valence-corrected chi connectivity index (χ3v) is 4.61. The van der Waals surface area contributed by atoms with Gasteiger partial charge in [-0.15, -0.1) is 5.10 Å². The highest BCUT2D eigenvalue weighted by atomic mass is 32.1. The van der Waals surface area contributed by atoms with Crippen LogP contribution in [0.1, 0.15) is 11.4 Å². The summed E-state index contributed by atoms with van der Waals surface area (Å²) in [7, 11) is 0. The summed E-state index contributed by atoms with van der Waals surface area (Å²) < 4.78 is 57.6. The molecule has 4 rings (SSSR count). The molecule has 1 fully saturated rings. The van der Waals surface area contributed by atoms with Gasteiger partial charge in [-0.3, -0.25) is 4.90 Å². The minimum Gasteiger partial charge on any atom is -0.454 e. The molecular weight excluding hydrogens is 399 g/mol. The number of aromatic nitrogens is 3. The topological polar surface area (TPSA) is 66.0 Å². The van der Waals surface area contributed by atoms with Crippen molar-refractivity contribution in [3.05, 3.63) is 34.4 Å². The molecule has 0 spiro atoms. The van der Waals surface area contributed by atoms with Crippen LogP contribution in [0.4, 0.5) is 13.2 Å². The van der Waals surface area contributed by atoms with E-state index in [4.69, 9.17) is 26.4 Å². The molecule has 0 N–H and O–H groups in total. The summed E-state index contributed by atoms with van der Waals surface area (Å²) in [6.45, 7) is 2.46. The molecule has 2 aliphatic heterocycles. The fourth-order valence-electron chi connectivity index (χ4n) is 2.82. The summed E-state index contributed by atoms with van der Waals surface area (Å²) in [4.78, 5) is 1.92. The molecule has 3 heterocycles. The predicted molar refractivity (Wildman–Crippen MR) is 94.0 cm³/mol. The summed E-state index contributed by atoms with van der Waals surface area (Å²) in [5.41, 5.74) is 0.542. The molecule has 0 saturated carbocycles. The first kappa shape index (κ1) is 18.9. The molecule has 2 aromatic rings. The Morgan fingerprint density at radius 1 is 1.18 bits per heavy atom. The van der Waals surface area contributed by atoms with Crippen LogP contribution in [0.15, 0.2) is 23.3 Å². The van der Waals surface area contributed by atoms with Gasteiger partial charge in [-0.25, -0.2) is 4.68 Å². The zero-order valence-corrected chi connectivity index (χ0v) is 15.4. The van der Waals surface area contributed by atoms with Crippen LogP contribution in [-0.2, 0) is 17.6 Å². The minimum atomic E-state index is -4.70. The average Bonchev–Trinajstić information content (AvgIpc) is 3.25. The molecule has 150 valence electrons. The van der Waals surface area contributed by atoms with Crippen molar-refractivity contribution in [2.75, 3.05) is 33.1 Å². The van der Waals surface area contributed by atoms with Crippen molar-refractivity contribution in [3.8, 4) is 11.5 Å². The normalized spacial score (nSPS) is 17.5. The van der Waals surface area contributed by atoms with Crippen molar-refractivity contribution in [1.82, 2.24) is 19.4 Å². The van der Waals surface area contributed by atoms with Crippen LogP contribution >= 0.6 is 12.2 Å². The summed E-state index contributed by atoms with van der Waals surface area (Å²) in [6, 6.07) is 4.95. The van der Waals surface area contributed by atoms with Crippen LogP contribution in [0.25, 0.3) is 0 Å². The van der Waals surface area contributed by atoms with E-state index in [-0.39, 0.29) is 18.2 Å². The number of alkyl halides is 3. The number of fused-ring (bicyclic) bond motifs is 1. The molecule has 0 radical (unpaired) electrons. The van der Waals surface area contributed by atoms with E-state index in [0.717, 1.165) is 4.68 Å². The maximum Gasteiger partial charge on any atom is 0.453 e. The fourth-order valence-corrected chi connectivity index (χ4v) is 3.05. The van der Waals surface area contributed by atoms with Gasteiger partial charge in [0.2, 0.25) is 11.6 Å². The van der Waals surface area contributed by atoms with Gasteiger partial charge < -0.3 is 14.2 Å². The highest BCUT2D eigenvalue weighted by molar-refractivity contribution is 7.71. The van der Waals surface area contributed by atoms with Crippen molar-refractivity contribution < 1.29 is 27.4 Å². The van der Waals surface area contributed by atoms with E-state index < -0.39 is 12.0 Å². The highest BCUT2D eigenvalue weighted by Crippen LogP contribution is 2.32. The Balaban J connectivity index is 1.64. The van der Waals surface area contributed by atoms with Crippen molar-refractivity contribution in [1.29, 1.82) is 0 Å². The Kier molecular flexibility index (Phi) is 5.08. The van der Waals surface area contributed by atoms with Crippen molar-refractivity contribution >= 4 is 18.4 Å². The molecule has 0 unspecified atom stereocenters. The molecular formula is C16H16F3N5O3S. The average molecular weight is 415 g/mol. The molecule has 0 aliphatic carbocycles. The standard InChI is InChI=1S/C16H16F3N5O3S/c17-16(18,19)14-21-23(9-22-3-5-25-6-4-22)15(28)24(14)20-8-11-1-2-12-13(7-11)27-10-26-12/h1-2,7-8H,3-6,9-10H2/b20-8-. The SMILES string of the molecule is FC(F)(F)c1nn(CN2CCOCC2)c(=S)n1/N=C\c1ccc2c(c1)OCO2. The number of hydrogen-bond acceptors (Lipinski definition) is 7. The van der Waals surface area contributed by atoms with Gasteiger partial charge in [0.15, 0.2) is 11.5 Å². The first-order valence-corrected chi connectivity index (χ1v) is 8.84. The van der Waals surface area contributed by atoms with Crippen LogP contribution in [-0.4, -0.2) is 58.7 Å². The van der Waals surface area contributed by atoms with E-state index in [2.05, 4.69) is 10.2 Å². The maximum absolute atomic E-state index is 13.4. The largest absolute Gasteiger partial charge is 0.454 e. The van der Waals surface area contributed by atoms with Crippen LogP contribution in [0, 0.1) is 4.77 Å². The Bertz CT molecular complexity index is 950. The van der Waals surface area contributed by atoms with Crippen molar-refractivity contribution in [3.63, 3.8) is 0 Å². The van der Waals surface area contributed by atoms with Gasteiger partial charge in [0, 0.05) is 13.1 Å². The van der Waals surface area contributed by atoms with E-state index in [1.165, 1.54) is 6.21 Å². The molecule has 0 bridgehead atoms. The maximum atomic E-state index is 13.4. The van der Waals surface area contributed by atoms with Crippen molar-refractivity contribution in [2.24, 2.45) is 5.10 Å². The minimum absolute atomic E-state index is 0.105. The molecule has 2 aliphatic rings. The Morgan fingerprint density at radius 3 is 2.68 bits per heavy atom. The predicted octanol–water partition coefficient (Wildman–Crippen LogP) is 2.33. The van der Waals surface area contributed by atoms with Gasteiger partial charge in [-0.1, -0.05) is 0 Å². The van der Waals surface area contributed by atoms with Gasteiger partial charge in [-0.05, 0) is 36.0 Å². The molecule has 1 saturated heterocycles. The van der Waals surface area contributed by atoms with Gasteiger partial charge in [-0.2, -0.15) is 22.9 Å². The lowest BCUT2D eigenvalue weighted by Crippen LogP contribution is -2.37. The van der Waals surface area contributed by atoms with Gasteiger partial charge in [0.1, 0.15) is 0 Å². The molecule has 0 amide bonds. The van der Waals surface area contributed by atoms with Crippen molar-refractivity contribution in [2.45, 2.75) is 12.8 Å². The first-order chi connectivity index (χ1) is 13.4. The summed E-state index contributed by atoms with van der Waals surface area (Å²) in [5, 5.41) is 7.58. The number of halogens is 3. The Morgan fingerprint density at radius 2 is 1.93 bits per heavy atom. The Hall–Kier alpha value is -2.44.